The van der Waals surface area contributed by atoms with Gasteiger partial charge in [-0.3, -0.25) is 4.79 Å². The van der Waals surface area contributed by atoms with Crippen LogP contribution in [-0.4, -0.2) is 56.7 Å². The van der Waals surface area contributed by atoms with E-state index in [4.69, 9.17) is 4.74 Å². The lowest BCUT2D eigenvalue weighted by atomic mass is 10.2. The molecule has 1 saturated carbocycles. The number of nitrogens with zero attached hydrogens (tertiary/aromatic N) is 2. The molecular weight excluding hydrogens is 523 g/mol. The zero-order valence-electron chi connectivity index (χ0n) is 16.3. The highest BCUT2D eigenvalue weighted by Crippen LogP contribution is 2.28. The number of nitrogens with one attached hydrogen (secondary N) is 2. The van der Waals surface area contributed by atoms with Crippen molar-refractivity contribution in [1.82, 2.24) is 10.2 Å². The minimum atomic E-state index is -0.139. The molecule has 1 aromatic rings. The summed E-state index contributed by atoms with van der Waals surface area (Å²) in [5.74, 6) is 1.34. The van der Waals surface area contributed by atoms with Gasteiger partial charge in [-0.25, -0.2) is 4.99 Å². The van der Waals surface area contributed by atoms with E-state index in [1.165, 1.54) is 12.8 Å². The van der Waals surface area contributed by atoms with Crippen molar-refractivity contribution < 1.29 is 9.53 Å². The van der Waals surface area contributed by atoms with Crippen molar-refractivity contribution in [3.05, 3.63) is 28.2 Å². The minimum absolute atomic E-state index is 0. The number of ether oxygens (including phenoxy) is 1. The fourth-order valence-electron chi connectivity index (χ4n) is 2.38. The topological polar surface area (TPSA) is 66.0 Å². The van der Waals surface area contributed by atoms with E-state index in [2.05, 4.69) is 31.6 Å². The number of guanidine groups is 1. The summed E-state index contributed by atoms with van der Waals surface area (Å²) in [6, 6.07) is 5.81. The summed E-state index contributed by atoms with van der Waals surface area (Å²) >= 11 is 3.42. The predicted molar refractivity (Wildman–Crippen MR) is 125 cm³/mol. The second-order valence-electron chi connectivity index (χ2n) is 6.62. The smallest absolute Gasteiger partial charge is 0.246 e. The minimum Gasteiger partial charge on any atom is -0.379 e. The Balaban J connectivity index is 0.00000364. The molecule has 0 unspecified atom stereocenters. The van der Waals surface area contributed by atoms with Crippen LogP contribution in [0.25, 0.3) is 0 Å². The molecule has 0 atom stereocenters. The average Bonchev–Trinajstić information content (AvgIpc) is 3.43. The first kappa shape index (κ1) is 24.2. The predicted octanol–water partition coefficient (Wildman–Crippen LogP) is 3.64. The van der Waals surface area contributed by atoms with Crippen LogP contribution >= 0.6 is 39.9 Å². The van der Waals surface area contributed by atoms with Gasteiger partial charge in [-0.1, -0.05) is 22.0 Å². The lowest BCUT2D eigenvalue weighted by Crippen LogP contribution is -2.41. The molecule has 8 heteroatoms. The van der Waals surface area contributed by atoms with E-state index in [1.807, 2.05) is 44.0 Å². The molecule has 27 heavy (non-hydrogen) atoms. The van der Waals surface area contributed by atoms with Crippen molar-refractivity contribution in [2.75, 3.05) is 45.2 Å². The summed E-state index contributed by atoms with van der Waals surface area (Å²) in [6.07, 6.45) is 2.60. The van der Waals surface area contributed by atoms with Crippen LogP contribution in [0.3, 0.4) is 0 Å². The zero-order valence-corrected chi connectivity index (χ0v) is 20.2. The molecule has 2 N–H and O–H groups in total. The molecule has 1 aliphatic carbocycles. The Morgan fingerprint density at radius 2 is 2.15 bits per heavy atom. The number of carbonyl (C=O) groups excluding carboxylic acids is 1. The third kappa shape index (κ3) is 9.25. The van der Waals surface area contributed by atoms with Crippen molar-refractivity contribution in [1.29, 1.82) is 0 Å². The maximum absolute atomic E-state index is 12.2. The number of aliphatic imine (C=N–C) groups is 1. The summed E-state index contributed by atoms with van der Waals surface area (Å²) in [7, 11) is 1.96. The van der Waals surface area contributed by atoms with Gasteiger partial charge in [0.05, 0.1) is 6.61 Å². The maximum Gasteiger partial charge on any atom is 0.246 e. The molecule has 0 radical (unpaired) electrons. The number of hydrogen-bond acceptors (Lipinski definition) is 3. The molecule has 0 spiro atoms. The number of halogens is 2. The number of likely N-dealkylation sites (N-methyl/N-ethyl adjacent to an activating group) is 1. The van der Waals surface area contributed by atoms with E-state index in [1.54, 1.807) is 0 Å². The van der Waals surface area contributed by atoms with E-state index < -0.39 is 0 Å². The van der Waals surface area contributed by atoms with Crippen molar-refractivity contribution in [3.8, 4) is 0 Å². The van der Waals surface area contributed by atoms with Gasteiger partial charge in [-0.05, 0) is 50.3 Å². The van der Waals surface area contributed by atoms with Gasteiger partial charge < -0.3 is 20.3 Å². The highest BCUT2D eigenvalue weighted by molar-refractivity contribution is 14.0. The van der Waals surface area contributed by atoms with E-state index >= 15 is 0 Å². The van der Waals surface area contributed by atoms with E-state index in [0.717, 1.165) is 41.3 Å². The van der Waals surface area contributed by atoms with Crippen molar-refractivity contribution >= 4 is 57.5 Å². The third-order valence-corrected chi connectivity index (χ3v) is 4.66. The molecule has 0 aromatic heterocycles. The fourth-order valence-corrected chi connectivity index (χ4v) is 2.74. The van der Waals surface area contributed by atoms with Gasteiger partial charge in [0.2, 0.25) is 5.91 Å². The summed E-state index contributed by atoms with van der Waals surface area (Å²) in [5.41, 5.74) is 1.81. The fraction of sp³-hybridized carbons (Fsp3) is 0.579. The molecular formula is C19H30BrIN4O2. The van der Waals surface area contributed by atoms with Gasteiger partial charge in [0.25, 0.3) is 0 Å². The summed E-state index contributed by atoms with van der Waals surface area (Å²) < 4.78 is 6.61. The van der Waals surface area contributed by atoms with Crippen LogP contribution in [0.1, 0.15) is 25.3 Å². The SMILES string of the molecule is CCNC(=NCC(=O)Nc1cc(Br)ccc1C)N(C)CCOCC1CC1.I. The highest BCUT2D eigenvalue weighted by atomic mass is 127. The molecule has 0 saturated heterocycles. The van der Waals surface area contributed by atoms with Crippen LogP contribution in [0.4, 0.5) is 5.69 Å². The molecule has 1 aromatic carbocycles. The largest absolute Gasteiger partial charge is 0.379 e. The Kier molecular flexibility index (Phi) is 11.2. The molecule has 1 amide bonds. The van der Waals surface area contributed by atoms with Crippen LogP contribution in [0.2, 0.25) is 0 Å². The number of carbonyl (C=O) groups is 1. The number of benzene rings is 1. The maximum atomic E-state index is 12.2. The van der Waals surface area contributed by atoms with E-state index in [9.17, 15) is 4.79 Å². The van der Waals surface area contributed by atoms with Crippen LogP contribution in [0, 0.1) is 12.8 Å². The average molecular weight is 553 g/mol. The normalized spacial score (nSPS) is 13.7. The molecule has 6 nitrogen and oxygen atoms in total. The number of amides is 1. The number of aryl methyl sites for hydroxylation is 1. The lowest BCUT2D eigenvalue weighted by Gasteiger charge is -2.22. The number of rotatable bonds is 9. The van der Waals surface area contributed by atoms with Crippen LogP contribution in [0.5, 0.6) is 0 Å². The monoisotopic (exact) mass is 552 g/mol. The Morgan fingerprint density at radius 1 is 1.41 bits per heavy atom. The first-order valence-corrected chi connectivity index (χ1v) is 9.92. The molecule has 152 valence electrons. The van der Waals surface area contributed by atoms with Gasteiger partial charge >= 0.3 is 0 Å². The van der Waals surface area contributed by atoms with Crippen LogP contribution < -0.4 is 10.6 Å². The molecule has 1 fully saturated rings. The van der Waals surface area contributed by atoms with Crippen molar-refractivity contribution in [2.24, 2.45) is 10.9 Å². The van der Waals surface area contributed by atoms with Gasteiger partial charge in [0.1, 0.15) is 6.54 Å². The third-order valence-electron chi connectivity index (χ3n) is 4.16. The van der Waals surface area contributed by atoms with E-state index in [0.29, 0.717) is 12.6 Å². The molecule has 0 aliphatic heterocycles. The Bertz CT molecular complexity index is 638. The Morgan fingerprint density at radius 3 is 2.81 bits per heavy atom. The summed E-state index contributed by atoms with van der Waals surface area (Å²) in [4.78, 5) is 18.7. The van der Waals surface area contributed by atoms with Crippen LogP contribution in [0.15, 0.2) is 27.7 Å². The second kappa shape index (κ2) is 12.6. The highest BCUT2D eigenvalue weighted by Gasteiger charge is 2.21. The quantitative estimate of drug-likeness (QED) is 0.212. The molecule has 1 aliphatic rings. The second-order valence-corrected chi connectivity index (χ2v) is 7.53. The first-order valence-electron chi connectivity index (χ1n) is 9.12. The van der Waals surface area contributed by atoms with Crippen LogP contribution in [-0.2, 0) is 9.53 Å². The van der Waals surface area contributed by atoms with Gasteiger partial charge in [0, 0.05) is 36.9 Å². The zero-order chi connectivity index (χ0) is 18.9. The first-order chi connectivity index (χ1) is 12.5. The van der Waals surface area contributed by atoms with Crippen molar-refractivity contribution in [3.63, 3.8) is 0 Å². The molecule has 0 heterocycles. The molecule has 0 bridgehead atoms. The molecule has 2 rings (SSSR count). The summed E-state index contributed by atoms with van der Waals surface area (Å²) in [6.45, 7) is 7.06. The van der Waals surface area contributed by atoms with Gasteiger partial charge in [0.15, 0.2) is 5.96 Å². The van der Waals surface area contributed by atoms with E-state index in [-0.39, 0.29) is 36.4 Å². The number of anilines is 1. The standard InChI is InChI=1S/C19H29BrN4O2.HI/c1-4-21-19(24(3)9-10-26-13-15-6-7-15)22-12-18(25)23-17-11-16(20)8-5-14(17)2;/h5,8,11,15H,4,6-7,9-10,12-13H2,1-3H3,(H,21,22)(H,23,25);1H. The lowest BCUT2D eigenvalue weighted by molar-refractivity contribution is -0.114. The van der Waals surface area contributed by atoms with Gasteiger partial charge in [-0.2, -0.15) is 0 Å². The Labute approximate surface area is 187 Å². The number of hydrogen-bond donors (Lipinski definition) is 2. The van der Waals surface area contributed by atoms with Crippen molar-refractivity contribution in [2.45, 2.75) is 26.7 Å². The summed E-state index contributed by atoms with van der Waals surface area (Å²) in [5, 5.41) is 6.13. The van der Waals surface area contributed by atoms with Gasteiger partial charge in [-0.15, -0.1) is 24.0 Å². The Hall–Kier alpha value is -0.870.